The second-order valence-electron chi connectivity index (χ2n) is 7.20. The number of amides is 1. The predicted octanol–water partition coefficient (Wildman–Crippen LogP) is 2.43. The maximum absolute atomic E-state index is 12.5. The van der Waals surface area contributed by atoms with Gasteiger partial charge in [0.2, 0.25) is 5.91 Å². The fourth-order valence-corrected chi connectivity index (χ4v) is 3.63. The summed E-state index contributed by atoms with van der Waals surface area (Å²) < 4.78 is 4.44. The van der Waals surface area contributed by atoms with Crippen LogP contribution in [0.25, 0.3) is 0 Å². The number of anilines is 1. The van der Waals surface area contributed by atoms with Gasteiger partial charge in [-0.1, -0.05) is 24.3 Å². The maximum atomic E-state index is 12.5. The zero-order chi connectivity index (χ0) is 20.1. The van der Waals surface area contributed by atoms with Crippen LogP contribution in [0.2, 0.25) is 0 Å². The normalized spacial score (nSPS) is 15.5. The minimum absolute atomic E-state index is 0.0382. The highest BCUT2D eigenvalue weighted by molar-refractivity contribution is 7.71. The Balaban J connectivity index is 1.48. The van der Waals surface area contributed by atoms with Crippen LogP contribution in [0.15, 0.2) is 37.2 Å². The van der Waals surface area contributed by atoms with Gasteiger partial charge in [-0.3, -0.25) is 14.6 Å². The molecule has 7 nitrogen and oxygen atoms in total. The van der Waals surface area contributed by atoms with Crippen molar-refractivity contribution in [3.05, 3.63) is 53.1 Å². The zero-order valence-corrected chi connectivity index (χ0v) is 17.4. The molecule has 2 aromatic rings. The lowest BCUT2D eigenvalue weighted by Crippen LogP contribution is -2.49. The van der Waals surface area contributed by atoms with E-state index in [2.05, 4.69) is 26.8 Å². The average Bonchev–Trinajstić information content (AvgIpc) is 3.00. The van der Waals surface area contributed by atoms with Crippen molar-refractivity contribution in [3.8, 4) is 0 Å². The molecule has 3 rings (SSSR count). The Bertz CT molecular complexity index is 874. The quantitative estimate of drug-likeness (QED) is 0.571. The Morgan fingerprint density at radius 2 is 1.86 bits per heavy atom. The van der Waals surface area contributed by atoms with E-state index in [9.17, 15) is 4.79 Å². The molecule has 150 valence electrons. The number of carbonyl (C=O) groups excluding carboxylic acids is 1. The third-order valence-electron chi connectivity index (χ3n) is 5.03. The first kappa shape index (κ1) is 20.4. The van der Waals surface area contributed by atoms with Crippen LogP contribution in [0.5, 0.6) is 0 Å². The largest absolute Gasteiger partial charge is 0.324 e. The molecule has 0 atom stereocenters. The van der Waals surface area contributed by atoms with Crippen molar-refractivity contribution in [2.24, 2.45) is 0 Å². The summed E-state index contributed by atoms with van der Waals surface area (Å²) >= 11 is 5.45. The SMILES string of the molecule is C=CCn1cnn(CN2CCN(CC(=O)Nc3c(C)cccc3C)CC2)c1=S. The Hall–Kier alpha value is -2.29. The van der Waals surface area contributed by atoms with Crippen molar-refractivity contribution in [3.63, 3.8) is 0 Å². The molecule has 1 saturated heterocycles. The second kappa shape index (κ2) is 9.27. The van der Waals surface area contributed by atoms with Gasteiger partial charge in [-0.25, -0.2) is 4.68 Å². The van der Waals surface area contributed by atoms with Gasteiger partial charge in [-0.15, -0.1) is 6.58 Å². The molecule has 1 aromatic heterocycles. The van der Waals surface area contributed by atoms with Gasteiger partial charge < -0.3 is 9.88 Å². The van der Waals surface area contributed by atoms with Crippen molar-refractivity contribution < 1.29 is 4.79 Å². The predicted molar refractivity (Wildman–Crippen MR) is 114 cm³/mol. The summed E-state index contributed by atoms with van der Waals surface area (Å²) in [5.74, 6) is 0.0382. The van der Waals surface area contributed by atoms with Gasteiger partial charge in [0.05, 0.1) is 13.2 Å². The summed E-state index contributed by atoms with van der Waals surface area (Å²) in [4.78, 5) is 17.0. The number of aryl methyl sites for hydroxylation is 2. The van der Waals surface area contributed by atoms with Crippen LogP contribution in [0.4, 0.5) is 5.69 Å². The minimum Gasteiger partial charge on any atom is -0.324 e. The van der Waals surface area contributed by atoms with E-state index in [4.69, 9.17) is 12.2 Å². The van der Waals surface area contributed by atoms with E-state index < -0.39 is 0 Å². The highest BCUT2D eigenvalue weighted by Gasteiger charge is 2.20. The third-order valence-corrected chi connectivity index (χ3v) is 5.48. The van der Waals surface area contributed by atoms with Crippen molar-refractivity contribution in [1.29, 1.82) is 0 Å². The molecular weight excluding hydrogens is 372 g/mol. The number of aromatic nitrogens is 3. The molecule has 8 heteroatoms. The van der Waals surface area contributed by atoms with E-state index in [0.29, 0.717) is 24.5 Å². The molecule has 1 aromatic carbocycles. The van der Waals surface area contributed by atoms with E-state index in [-0.39, 0.29) is 5.91 Å². The van der Waals surface area contributed by atoms with E-state index in [0.717, 1.165) is 43.0 Å². The van der Waals surface area contributed by atoms with Gasteiger partial charge in [0.1, 0.15) is 6.33 Å². The van der Waals surface area contributed by atoms with Crippen molar-refractivity contribution >= 4 is 23.8 Å². The summed E-state index contributed by atoms with van der Waals surface area (Å²) in [7, 11) is 0. The Labute approximate surface area is 171 Å². The van der Waals surface area contributed by atoms with Crippen molar-refractivity contribution in [2.75, 3.05) is 38.0 Å². The molecule has 0 unspecified atom stereocenters. The van der Waals surface area contributed by atoms with Crippen LogP contribution < -0.4 is 5.32 Å². The second-order valence-corrected chi connectivity index (χ2v) is 7.57. The molecule has 28 heavy (non-hydrogen) atoms. The summed E-state index contributed by atoms with van der Waals surface area (Å²) in [5.41, 5.74) is 3.10. The molecule has 0 aliphatic carbocycles. The number of hydrogen-bond acceptors (Lipinski definition) is 5. The molecule has 0 saturated carbocycles. The first-order valence-corrected chi connectivity index (χ1v) is 9.92. The first-order valence-electron chi connectivity index (χ1n) is 9.52. The summed E-state index contributed by atoms with van der Waals surface area (Å²) in [5, 5.41) is 7.43. The monoisotopic (exact) mass is 400 g/mol. The van der Waals surface area contributed by atoms with E-state index in [1.165, 1.54) is 0 Å². The summed E-state index contributed by atoms with van der Waals surface area (Å²) in [6.45, 7) is 13.0. The highest BCUT2D eigenvalue weighted by Crippen LogP contribution is 2.19. The number of carbonyl (C=O) groups is 1. The van der Waals surface area contributed by atoms with Gasteiger partial charge in [0, 0.05) is 38.4 Å². The molecule has 1 amide bonds. The first-order chi connectivity index (χ1) is 13.5. The van der Waals surface area contributed by atoms with Crippen LogP contribution in [0.1, 0.15) is 11.1 Å². The number of nitrogens with one attached hydrogen (secondary N) is 1. The minimum atomic E-state index is 0.0382. The molecule has 0 spiro atoms. The topological polar surface area (TPSA) is 58.3 Å². The van der Waals surface area contributed by atoms with Gasteiger partial charge in [0.15, 0.2) is 4.77 Å². The molecule has 1 aliphatic rings. The molecule has 1 fully saturated rings. The number of nitrogens with zero attached hydrogens (tertiary/aromatic N) is 5. The molecule has 1 aliphatic heterocycles. The lowest BCUT2D eigenvalue weighted by Gasteiger charge is -2.34. The molecule has 0 radical (unpaired) electrons. The Morgan fingerprint density at radius 3 is 2.50 bits per heavy atom. The summed E-state index contributed by atoms with van der Waals surface area (Å²) in [6.07, 6.45) is 3.56. The lowest BCUT2D eigenvalue weighted by atomic mass is 10.1. The number of para-hydroxylation sites is 1. The Morgan fingerprint density at radius 1 is 1.21 bits per heavy atom. The number of piperazine rings is 1. The van der Waals surface area contributed by atoms with Crippen LogP contribution in [0, 0.1) is 18.6 Å². The van der Waals surface area contributed by atoms with E-state index in [1.807, 2.05) is 47.4 Å². The number of rotatable bonds is 7. The Kier molecular flexibility index (Phi) is 6.77. The standard InChI is InChI=1S/C20H28N6OS/c1-4-8-25-14-21-26(20(25)28)15-24-11-9-23(10-12-24)13-18(27)22-19-16(2)6-5-7-17(19)3/h4-7,14H,1,8-13,15H2,2-3H3,(H,22,27). The highest BCUT2D eigenvalue weighted by atomic mass is 32.1. The van der Waals surface area contributed by atoms with Gasteiger partial charge in [-0.2, -0.15) is 5.10 Å². The molecule has 2 heterocycles. The van der Waals surface area contributed by atoms with Crippen LogP contribution in [0.3, 0.4) is 0 Å². The van der Waals surface area contributed by atoms with Crippen LogP contribution in [-0.4, -0.2) is 62.8 Å². The van der Waals surface area contributed by atoms with E-state index >= 15 is 0 Å². The fourth-order valence-electron chi connectivity index (χ4n) is 3.40. The smallest absolute Gasteiger partial charge is 0.238 e. The molecular formula is C20H28N6OS. The third kappa shape index (κ3) is 4.95. The molecule has 1 N–H and O–H groups in total. The van der Waals surface area contributed by atoms with Gasteiger partial charge in [0.25, 0.3) is 0 Å². The maximum Gasteiger partial charge on any atom is 0.238 e. The van der Waals surface area contributed by atoms with Crippen molar-refractivity contribution in [1.82, 2.24) is 24.1 Å². The fraction of sp³-hybridized carbons (Fsp3) is 0.450. The zero-order valence-electron chi connectivity index (χ0n) is 16.6. The average molecular weight is 401 g/mol. The van der Waals surface area contributed by atoms with Crippen LogP contribution in [-0.2, 0) is 18.0 Å². The lowest BCUT2D eigenvalue weighted by molar-refractivity contribution is -0.117. The van der Waals surface area contributed by atoms with E-state index in [1.54, 1.807) is 6.33 Å². The molecule has 0 bridgehead atoms. The van der Waals surface area contributed by atoms with Gasteiger partial charge in [-0.05, 0) is 37.2 Å². The van der Waals surface area contributed by atoms with Crippen molar-refractivity contribution in [2.45, 2.75) is 27.1 Å². The van der Waals surface area contributed by atoms with Gasteiger partial charge >= 0.3 is 0 Å². The number of hydrogen-bond donors (Lipinski definition) is 1. The number of allylic oxidation sites excluding steroid dienone is 1. The van der Waals surface area contributed by atoms with Crippen LogP contribution >= 0.6 is 12.2 Å². The summed E-state index contributed by atoms with van der Waals surface area (Å²) in [6, 6.07) is 6.04. The number of benzene rings is 1.